The van der Waals surface area contributed by atoms with E-state index >= 15 is 0 Å². The van der Waals surface area contributed by atoms with E-state index in [0.29, 0.717) is 0 Å². The number of carboxylic acids is 1. The van der Waals surface area contributed by atoms with Crippen molar-refractivity contribution in [3.05, 3.63) is 34.4 Å². The Morgan fingerprint density at radius 2 is 2.13 bits per heavy atom. The molecule has 15 heavy (non-hydrogen) atoms. The van der Waals surface area contributed by atoms with E-state index < -0.39 is 28.5 Å². The molecule has 0 radical (unpaired) electrons. The lowest BCUT2D eigenvalue weighted by Gasteiger charge is -2.08. The van der Waals surface area contributed by atoms with Crippen LogP contribution in [-0.2, 0) is 11.2 Å². The van der Waals surface area contributed by atoms with Gasteiger partial charge in [-0.3, -0.25) is 4.79 Å². The fourth-order valence-electron chi connectivity index (χ4n) is 1.14. The summed E-state index contributed by atoms with van der Waals surface area (Å²) in [6.07, 6.45) is -0.0127. The average Bonchev–Trinajstić information content (AvgIpc) is 2.18. The summed E-state index contributed by atoms with van der Waals surface area (Å²) >= 11 is 5.35. The van der Waals surface area contributed by atoms with E-state index in [0.717, 1.165) is 6.07 Å². The lowest BCUT2D eigenvalue weighted by molar-refractivity contribution is -0.141. The van der Waals surface area contributed by atoms with Crippen molar-refractivity contribution in [2.45, 2.75) is 13.3 Å². The van der Waals surface area contributed by atoms with Crippen molar-refractivity contribution in [1.29, 1.82) is 0 Å². The van der Waals surface area contributed by atoms with Gasteiger partial charge >= 0.3 is 5.97 Å². The van der Waals surface area contributed by atoms with Crippen molar-refractivity contribution >= 4 is 17.6 Å². The van der Waals surface area contributed by atoms with Crippen molar-refractivity contribution in [3.8, 4) is 0 Å². The number of carbonyl (C=O) groups is 1. The Bertz CT molecular complexity index is 393. The number of halogens is 3. The SMILES string of the molecule is CC(Cc1ccc(F)c(Cl)c1F)C(=O)O. The van der Waals surface area contributed by atoms with Gasteiger partial charge in [-0.1, -0.05) is 24.6 Å². The molecule has 0 fully saturated rings. The van der Waals surface area contributed by atoms with E-state index in [4.69, 9.17) is 16.7 Å². The maximum Gasteiger partial charge on any atom is 0.306 e. The summed E-state index contributed by atoms with van der Waals surface area (Å²) in [5, 5.41) is 8.04. The van der Waals surface area contributed by atoms with Crippen molar-refractivity contribution < 1.29 is 18.7 Å². The molecule has 0 aliphatic heterocycles. The maximum absolute atomic E-state index is 13.3. The number of aliphatic carboxylic acids is 1. The summed E-state index contributed by atoms with van der Waals surface area (Å²) in [6, 6.07) is 2.23. The second-order valence-corrected chi connectivity index (χ2v) is 3.66. The first-order chi connectivity index (χ1) is 6.93. The van der Waals surface area contributed by atoms with Gasteiger partial charge in [-0.2, -0.15) is 0 Å². The maximum atomic E-state index is 13.3. The summed E-state index contributed by atoms with van der Waals surface area (Å²) in [5.74, 6) is -3.50. The Morgan fingerprint density at radius 3 is 2.67 bits per heavy atom. The van der Waals surface area contributed by atoms with E-state index in [1.54, 1.807) is 0 Å². The van der Waals surface area contributed by atoms with Crippen LogP contribution in [0.5, 0.6) is 0 Å². The molecule has 0 saturated heterocycles. The first kappa shape index (κ1) is 11.9. The van der Waals surface area contributed by atoms with E-state index in [-0.39, 0.29) is 12.0 Å². The second kappa shape index (κ2) is 4.57. The largest absolute Gasteiger partial charge is 0.481 e. The number of benzene rings is 1. The number of rotatable bonds is 3. The van der Waals surface area contributed by atoms with E-state index in [1.807, 2.05) is 0 Å². The third-order valence-corrected chi connectivity index (χ3v) is 2.41. The minimum Gasteiger partial charge on any atom is -0.481 e. The molecule has 2 nitrogen and oxygen atoms in total. The molecule has 0 heterocycles. The van der Waals surface area contributed by atoms with Crippen LogP contribution >= 0.6 is 11.6 Å². The first-order valence-electron chi connectivity index (χ1n) is 4.28. The molecule has 1 unspecified atom stereocenters. The van der Waals surface area contributed by atoms with Crippen LogP contribution in [0.1, 0.15) is 12.5 Å². The van der Waals surface area contributed by atoms with Crippen LogP contribution in [0.3, 0.4) is 0 Å². The molecule has 5 heteroatoms. The summed E-state index contributed by atoms with van der Waals surface area (Å²) in [4.78, 5) is 10.5. The quantitative estimate of drug-likeness (QED) is 0.817. The minimum absolute atomic E-state index is 0.0127. The smallest absolute Gasteiger partial charge is 0.306 e. The van der Waals surface area contributed by atoms with Gasteiger partial charge in [0.25, 0.3) is 0 Å². The normalized spacial score (nSPS) is 12.5. The van der Waals surface area contributed by atoms with E-state index in [2.05, 4.69) is 0 Å². The molecule has 82 valence electrons. The van der Waals surface area contributed by atoms with Gasteiger partial charge in [0.2, 0.25) is 0 Å². The standard InChI is InChI=1S/C10H9ClF2O2/c1-5(10(14)15)4-6-2-3-7(12)8(11)9(6)13/h2-3,5H,4H2,1H3,(H,14,15). The molecule has 1 atom stereocenters. The topological polar surface area (TPSA) is 37.3 Å². The van der Waals surface area contributed by atoms with Crippen molar-refractivity contribution in [2.24, 2.45) is 5.92 Å². The predicted molar refractivity (Wildman–Crippen MR) is 51.9 cm³/mol. The van der Waals surface area contributed by atoms with Gasteiger partial charge in [0.05, 0.1) is 5.92 Å². The highest BCUT2D eigenvalue weighted by atomic mass is 35.5. The zero-order valence-electron chi connectivity index (χ0n) is 7.93. The van der Waals surface area contributed by atoms with Crippen molar-refractivity contribution in [3.63, 3.8) is 0 Å². The Kier molecular flexibility index (Phi) is 3.63. The molecule has 0 saturated carbocycles. The molecule has 1 aromatic rings. The zero-order chi connectivity index (χ0) is 11.6. The molecule has 0 aliphatic carbocycles. The first-order valence-corrected chi connectivity index (χ1v) is 4.66. The van der Waals surface area contributed by atoms with Gasteiger partial charge in [-0.15, -0.1) is 0 Å². The predicted octanol–water partition coefficient (Wildman–Crippen LogP) is 2.88. The van der Waals surface area contributed by atoms with Crippen LogP contribution in [0.4, 0.5) is 8.78 Å². The molecule has 0 amide bonds. The molecule has 1 aromatic carbocycles. The van der Waals surface area contributed by atoms with Gasteiger partial charge in [0, 0.05) is 0 Å². The van der Waals surface area contributed by atoms with Crippen LogP contribution in [0.2, 0.25) is 5.02 Å². The lowest BCUT2D eigenvalue weighted by atomic mass is 10.0. The molecule has 0 bridgehead atoms. The third kappa shape index (κ3) is 2.65. The van der Waals surface area contributed by atoms with Gasteiger partial charge in [0.15, 0.2) is 0 Å². The van der Waals surface area contributed by atoms with Gasteiger partial charge in [0.1, 0.15) is 16.7 Å². The van der Waals surface area contributed by atoms with Crippen LogP contribution in [0.25, 0.3) is 0 Å². The van der Waals surface area contributed by atoms with Gasteiger partial charge in [-0.05, 0) is 18.1 Å². The third-order valence-electron chi connectivity index (χ3n) is 2.06. The highest BCUT2D eigenvalue weighted by Gasteiger charge is 2.17. The fourth-order valence-corrected chi connectivity index (χ4v) is 1.33. The summed E-state index contributed by atoms with van der Waals surface area (Å²) < 4.78 is 26.1. The summed E-state index contributed by atoms with van der Waals surface area (Å²) in [5.41, 5.74) is 0.108. The van der Waals surface area contributed by atoms with Crippen LogP contribution in [0, 0.1) is 17.6 Å². The Balaban J connectivity index is 2.97. The highest BCUT2D eigenvalue weighted by molar-refractivity contribution is 6.30. The van der Waals surface area contributed by atoms with Crippen molar-refractivity contribution in [2.75, 3.05) is 0 Å². The fraction of sp³-hybridized carbons (Fsp3) is 0.300. The van der Waals surface area contributed by atoms with E-state index in [1.165, 1.54) is 13.0 Å². The number of hydrogen-bond acceptors (Lipinski definition) is 1. The van der Waals surface area contributed by atoms with Gasteiger partial charge < -0.3 is 5.11 Å². The molecule has 0 aromatic heterocycles. The molecule has 0 aliphatic rings. The van der Waals surface area contributed by atoms with E-state index in [9.17, 15) is 13.6 Å². The minimum atomic E-state index is -1.03. The number of hydrogen-bond donors (Lipinski definition) is 1. The average molecular weight is 235 g/mol. The lowest BCUT2D eigenvalue weighted by Crippen LogP contribution is -2.13. The van der Waals surface area contributed by atoms with Crippen molar-refractivity contribution in [1.82, 2.24) is 0 Å². The van der Waals surface area contributed by atoms with Crippen LogP contribution < -0.4 is 0 Å². The monoisotopic (exact) mass is 234 g/mol. The molecular weight excluding hydrogens is 226 g/mol. The Morgan fingerprint density at radius 1 is 1.53 bits per heavy atom. The van der Waals surface area contributed by atoms with Crippen LogP contribution in [0.15, 0.2) is 12.1 Å². The van der Waals surface area contributed by atoms with Crippen LogP contribution in [-0.4, -0.2) is 11.1 Å². The molecule has 1 rings (SSSR count). The Labute approximate surface area is 90.5 Å². The molecule has 1 N–H and O–H groups in total. The highest BCUT2D eigenvalue weighted by Crippen LogP contribution is 2.23. The Hall–Kier alpha value is -1.16. The second-order valence-electron chi connectivity index (χ2n) is 3.28. The summed E-state index contributed by atoms with van der Waals surface area (Å²) in [6.45, 7) is 1.44. The number of carboxylic acid groups (broad SMARTS) is 1. The van der Waals surface area contributed by atoms with Gasteiger partial charge in [-0.25, -0.2) is 8.78 Å². The summed E-state index contributed by atoms with van der Waals surface area (Å²) in [7, 11) is 0. The molecule has 0 spiro atoms. The molecular formula is C10H9ClF2O2. The zero-order valence-corrected chi connectivity index (χ0v) is 8.68.